The summed E-state index contributed by atoms with van der Waals surface area (Å²) in [6.07, 6.45) is -1.19. The molecule has 0 saturated carbocycles. The lowest BCUT2D eigenvalue weighted by atomic mass is 10.1. The lowest BCUT2D eigenvalue weighted by molar-refractivity contribution is -0.137. The third kappa shape index (κ3) is 7.38. The summed E-state index contributed by atoms with van der Waals surface area (Å²) >= 11 is 0. The number of amides is 1. The molecule has 3 N–H and O–H groups in total. The number of nitrogens with one attached hydrogen (secondary N) is 3. The Bertz CT molecular complexity index is 1510. The summed E-state index contributed by atoms with van der Waals surface area (Å²) in [5, 5.41) is 8.13. The third-order valence-electron chi connectivity index (χ3n) is 6.55. The highest BCUT2D eigenvalue weighted by molar-refractivity contribution is 6.04. The lowest BCUT2D eigenvalue weighted by Crippen LogP contribution is -2.40. The maximum Gasteiger partial charge on any atom is 0.416 e. The van der Waals surface area contributed by atoms with Crippen molar-refractivity contribution in [2.45, 2.75) is 19.1 Å². The predicted octanol–water partition coefficient (Wildman–Crippen LogP) is 6.25. The normalized spacial score (nSPS) is 14.7. The maximum absolute atomic E-state index is 13.0. The molecule has 2 heterocycles. The van der Waals surface area contributed by atoms with Crippen LogP contribution in [0.3, 0.4) is 0 Å². The van der Waals surface area contributed by atoms with Crippen LogP contribution in [0.4, 0.5) is 30.4 Å². The van der Waals surface area contributed by atoms with Crippen LogP contribution in [0.25, 0.3) is 11.3 Å². The van der Waals surface area contributed by atoms with E-state index in [0.717, 1.165) is 42.0 Å². The van der Waals surface area contributed by atoms with Crippen LogP contribution in [0.5, 0.6) is 0 Å². The van der Waals surface area contributed by atoms with E-state index in [0.29, 0.717) is 30.4 Å². The molecule has 1 saturated heterocycles. The number of aromatic nitrogens is 2. The Labute approximate surface area is 235 Å². The number of alkyl halides is 3. The molecule has 11 heteroatoms. The molecule has 1 aromatic heterocycles. The van der Waals surface area contributed by atoms with Gasteiger partial charge in [-0.1, -0.05) is 30.3 Å². The summed E-state index contributed by atoms with van der Waals surface area (Å²) in [7, 11) is 0. The van der Waals surface area contributed by atoms with Crippen molar-refractivity contribution in [3.63, 3.8) is 0 Å². The molecular formula is C30H29F3N6O2. The van der Waals surface area contributed by atoms with Gasteiger partial charge in [-0.3, -0.25) is 9.78 Å². The number of benzene rings is 3. The van der Waals surface area contributed by atoms with Gasteiger partial charge in [-0.15, -0.1) is 0 Å². The smallest absolute Gasteiger partial charge is 0.379 e. The highest BCUT2D eigenvalue weighted by Crippen LogP contribution is 2.30. The van der Waals surface area contributed by atoms with Gasteiger partial charge in [0.2, 0.25) is 0 Å². The fraction of sp³-hybridized carbons (Fsp3) is 0.233. The van der Waals surface area contributed by atoms with Crippen molar-refractivity contribution < 1.29 is 22.7 Å². The lowest BCUT2D eigenvalue weighted by Gasteiger charge is -2.28. The van der Waals surface area contributed by atoms with E-state index in [9.17, 15) is 18.0 Å². The van der Waals surface area contributed by atoms with Crippen LogP contribution in [0.15, 0.2) is 85.2 Å². The fourth-order valence-electron chi connectivity index (χ4n) is 4.41. The number of carbonyl (C=O) groups is 1. The van der Waals surface area contributed by atoms with E-state index in [1.807, 2.05) is 37.3 Å². The number of rotatable bonds is 8. The average molecular weight is 563 g/mol. The van der Waals surface area contributed by atoms with E-state index in [-0.39, 0.29) is 11.6 Å². The van der Waals surface area contributed by atoms with Crippen LogP contribution >= 0.6 is 0 Å². The molecule has 0 bridgehead atoms. The Morgan fingerprint density at radius 3 is 2.51 bits per heavy atom. The molecule has 0 spiro atoms. The van der Waals surface area contributed by atoms with Crippen LogP contribution in [0.2, 0.25) is 0 Å². The number of hydrogen-bond donors (Lipinski definition) is 3. The summed E-state index contributed by atoms with van der Waals surface area (Å²) in [5.41, 5.74) is 6.32. The topological polar surface area (TPSA) is 91.4 Å². The molecule has 5 rings (SSSR count). The molecule has 3 aromatic carbocycles. The van der Waals surface area contributed by atoms with Gasteiger partial charge >= 0.3 is 6.18 Å². The molecule has 1 aliphatic rings. The largest absolute Gasteiger partial charge is 0.416 e. The summed E-state index contributed by atoms with van der Waals surface area (Å²) in [4.78, 5) is 21.7. The average Bonchev–Trinajstić information content (AvgIpc) is 2.98. The minimum absolute atomic E-state index is 0.0762. The van der Waals surface area contributed by atoms with Gasteiger partial charge in [0.1, 0.15) is 5.82 Å². The first kappa shape index (κ1) is 28.1. The van der Waals surface area contributed by atoms with Crippen molar-refractivity contribution in [1.29, 1.82) is 0 Å². The van der Waals surface area contributed by atoms with E-state index in [1.165, 1.54) is 12.1 Å². The molecule has 4 aromatic rings. The van der Waals surface area contributed by atoms with E-state index in [4.69, 9.17) is 9.72 Å². The maximum atomic E-state index is 13.0. The number of nitrogens with zero attached hydrogens (tertiary/aromatic N) is 3. The first-order valence-corrected chi connectivity index (χ1v) is 13.1. The molecule has 1 aliphatic heterocycles. The molecule has 212 valence electrons. The van der Waals surface area contributed by atoms with Crippen LogP contribution in [-0.4, -0.2) is 47.2 Å². The van der Waals surface area contributed by atoms with Crippen molar-refractivity contribution in [2.24, 2.45) is 0 Å². The molecule has 0 aliphatic carbocycles. The van der Waals surface area contributed by atoms with Crippen LogP contribution in [0, 0.1) is 0 Å². The predicted molar refractivity (Wildman–Crippen MR) is 151 cm³/mol. The number of ether oxygens (including phenoxy) is 1. The van der Waals surface area contributed by atoms with E-state index >= 15 is 0 Å². The number of anilines is 3. The summed E-state index contributed by atoms with van der Waals surface area (Å²) in [6, 6.07) is 19.2. The Morgan fingerprint density at radius 2 is 1.71 bits per heavy atom. The number of carbonyl (C=O) groups excluding carboxylic acids is 1. The molecule has 0 unspecified atom stereocenters. The molecule has 1 amide bonds. The van der Waals surface area contributed by atoms with E-state index in [2.05, 4.69) is 26.1 Å². The highest BCUT2D eigenvalue weighted by Gasteiger charge is 2.31. The van der Waals surface area contributed by atoms with Crippen LogP contribution < -0.4 is 16.1 Å². The second-order valence-electron chi connectivity index (χ2n) is 9.61. The van der Waals surface area contributed by atoms with Gasteiger partial charge in [0.05, 0.1) is 42.9 Å². The van der Waals surface area contributed by atoms with Crippen molar-refractivity contribution in [3.05, 3.63) is 102 Å². The Hall–Kier alpha value is -4.48. The van der Waals surface area contributed by atoms with Crippen LogP contribution in [0.1, 0.15) is 34.5 Å². The highest BCUT2D eigenvalue weighted by atomic mass is 19.4. The molecule has 1 fully saturated rings. The molecule has 0 radical (unpaired) electrons. The SMILES string of the molecule is C[C@H](Nc1cncc(-c2cccc(NN3CCOCC3)c2)n1)c1cccc(NC(=O)c2cccc(C(F)(F)F)c2)c1. The van der Waals surface area contributed by atoms with Gasteiger partial charge in [0.25, 0.3) is 5.91 Å². The minimum atomic E-state index is -4.53. The van der Waals surface area contributed by atoms with Gasteiger partial charge in [-0.2, -0.15) is 13.2 Å². The Kier molecular flexibility index (Phi) is 8.46. The number of hydrazine groups is 1. The fourth-order valence-corrected chi connectivity index (χ4v) is 4.41. The van der Waals surface area contributed by atoms with Crippen molar-refractivity contribution in [1.82, 2.24) is 15.0 Å². The quantitative estimate of drug-likeness (QED) is 0.234. The monoisotopic (exact) mass is 562 g/mol. The van der Waals surface area contributed by atoms with E-state index in [1.54, 1.807) is 30.6 Å². The molecule has 1 atom stereocenters. The summed E-state index contributed by atoms with van der Waals surface area (Å²) < 4.78 is 44.5. The first-order chi connectivity index (χ1) is 19.7. The Balaban J connectivity index is 1.25. The molecular weight excluding hydrogens is 533 g/mol. The van der Waals surface area contributed by atoms with Crippen molar-refractivity contribution >= 4 is 23.1 Å². The van der Waals surface area contributed by atoms with Gasteiger partial charge in [0, 0.05) is 35.6 Å². The Morgan fingerprint density at radius 1 is 0.951 bits per heavy atom. The van der Waals surface area contributed by atoms with Gasteiger partial charge in [-0.25, -0.2) is 9.99 Å². The van der Waals surface area contributed by atoms with Gasteiger partial charge in [0.15, 0.2) is 0 Å². The first-order valence-electron chi connectivity index (χ1n) is 13.1. The summed E-state index contributed by atoms with van der Waals surface area (Å²) in [6.45, 7) is 4.92. The minimum Gasteiger partial charge on any atom is -0.379 e. The zero-order valence-corrected chi connectivity index (χ0v) is 22.3. The number of morpholine rings is 1. The summed E-state index contributed by atoms with van der Waals surface area (Å²) in [5.74, 6) is -0.0577. The second-order valence-corrected chi connectivity index (χ2v) is 9.61. The second kappa shape index (κ2) is 12.4. The van der Waals surface area contributed by atoms with Gasteiger partial charge < -0.3 is 20.8 Å². The molecule has 8 nitrogen and oxygen atoms in total. The van der Waals surface area contributed by atoms with E-state index < -0.39 is 17.6 Å². The van der Waals surface area contributed by atoms with Crippen LogP contribution in [-0.2, 0) is 10.9 Å². The van der Waals surface area contributed by atoms with Gasteiger partial charge in [-0.05, 0) is 55.0 Å². The number of halogens is 3. The third-order valence-corrected chi connectivity index (χ3v) is 6.55. The standard InChI is InChI=1S/C30H29F3N6O2/c1-20(21-5-3-9-25(16-21)36-29(40)23-7-2-8-24(15-23)30(31,32)33)35-28-19-34-18-27(37-28)22-6-4-10-26(17-22)38-39-11-13-41-14-12-39/h2-10,15-20,38H,11-14H2,1H3,(H,35,37)(H,36,40)/t20-/m0/s1. The molecule has 41 heavy (non-hydrogen) atoms. The zero-order chi connectivity index (χ0) is 28.8. The number of hydrogen-bond acceptors (Lipinski definition) is 7. The van der Waals surface area contributed by atoms with Crippen molar-refractivity contribution in [3.8, 4) is 11.3 Å². The zero-order valence-electron chi connectivity index (χ0n) is 22.3. The van der Waals surface area contributed by atoms with Crippen molar-refractivity contribution in [2.75, 3.05) is 42.4 Å².